The Morgan fingerprint density at radius 2 is 2.00 bits per heavy atom. The molecule has 8 heteroatoms. The van der Waals surface area contributed by atoms with Crippen molar-refractivity contribution in [3.05, 3.63) is 47.5 Å². The summed E-state index contributed by atoms with van der Waals surface area (Å²) in [5.74, 6) is -0.647. The molecule has 1 fully saturated rings. The molecule has 144 valence electrons. The number of hydrogen-bond acceptors (Lipinski definition) is 4. The highest BCUT2D eigenvalue weighted by Crippen LogP contribution is 2.18. The van der Waals surface area contributed by atoms with Crippen molar-refractivity contribution >= 4 is 12.0 Å². The lowest BCUT2D eigenvalue weighted by Crippen LogP contribution is -2.46. The van der Waals surface area contributed by atoms with Gasteiger partial charge in [-0.2, -0.15) is 5.10 Å². The normalized spacial score (nSPS) is 14.9. The van der Waals surface area contributed by atoms with Gasteiger partial charge in [0, 0.05) is 19.1 Å². The molecule has 1 aromatic carbocycles. The molecule has 2 amide bonds. The minimum Gasteiger partial charge on any atom is -0.450 e. The maximum absolute atomic E-state index is 14.0. The molecule has 1 aromatic heterocycles. The van der Waals surface area contributed by atoms with Gasteiger partial charge in [-0.3, -0.25) is 4.79 Å². The lowest BCUT2D eigenvalue weighted by Gasteiger charge is -2.31. The van der Waals surface area contributed by atoms with Crippen LogP contribution in [0, 0.1) is 12.7 Å². The second kappa shape index (κ2) is 8.20. The number of carbonyl (C=O) groups is 2. The Labute approximate surface area is 157 Å². The minimum absolute atomic E-state index is 0.0283. The molecule has 27 heavy (non-hydrogen) atoms. The Morgan fingerprint density at radius 1 is 1.30 bits per heavy atom. The van der Waals surface area contributed by atoms with Gasteiger partial charge in [-0.05, 0) is 38.8 Å². The Bertz CT molecular complexity index is 828. The van der Waals surface area contributed by atoms with Gasteiger partial charge in [-0.1, -0.05) is 12.1 Å². The van der Waals surface area contributed by atoms with Gasteiger partial charge in [0.25, 0.3) is 5.91 Å². The van der Waals surface area contributed by atoms with Gasteiger partial charge in [-0.15, -0.1) is 0 Å². The lowest BCUT2D eigenvalue weighted by molar-refractivity contribution is 0.0859. The summed E-state index contributed by atoms with van der Waals surface area (Å²) in [7, 11) is 0. The number of carbonyl (C=O) groups excluding carboxylic acids is 2. The third kappa shape index (κ3) is 4.10. The summed E-state index contributed by atoms with van der Waals surface area (Å²) in [6.07, 6.45) is 2.45. The van der Waals surface area contributed by atoms with Crippen molar-refractivity contribution in [1.29, 1.82) is 0 Å². The molecule has 1 saturated heterocycles. The van der Waals surface area contributed by atoms with Gasteiger partial charge in [0.1, 0.15) is 11.5 Å². The van der Waals surface area contributed by atoms with Crippen LogP contribution in [0.5, 0.6) is 0 Å². The van der Waals surface area contributed by atoms with E-state index in [9.17, 15) is 14.0 Å². The summed E-state index contributed by atoms with van der Waals surface area (Å²) >= 11 is 0. The molecule has 1 N–H and O–H groups in total. The minimum atomic E-state index is -0.401. The zero-order chi connectivity index (χ0) is 19.4. The van der Waals surface area contributed by atoms with Crippen LogP contribution in [0.1, 0.15) is 35.8 Å². The third-order valence-electron chi connectivity index (χ3n) is 4.69. The highest BCUT2D eigenvalue weighted by atomic mass is 19.1. The van der Waals surface area contributed by atoms with Gasteiger partial charge in [0.05, 0.1) is 24.1 Å². The zero-order valence-electron chi connectivity index (χ0n) is 15.4. The van der Waals surface area contributed by atoms with Crippen LogP contribution in [-0.2, 0) is 4.74 Å². The molecule has 0 saturated carbocycles. The summed E-state index contributed by atoms with van der Waals surface area (Å²) in [5.41, 5.74) is 1.28. The third-order valence-corrected chi connectivity index (χ3v) is 4.69. The van der Waals surface area contributed by atoms with Crippen LogP contribution in [0.4, 0.5) is 9.18 Å². The number of benzene rings is 1. The first-order valence-corrected chi connectivity index (χ1v) is 9.03. The van der Waals surface area contributed by atoms with Crippen molar-refractivity contribution in [1.82, 2.24) is 20.0 Å². The molecule has 0 unspecified atom stereocenters. The van der Waals surface area contributed by atoms with Crippen LogP contribution < -0.4 is 5.32 Å². The average Bonchev–Trinajstić information content (AvgIpc) is 3.04. The number of ether oxygens (including phenoxy) is 1. The SMILES string of the molecule is CCOC(=O)N1CCC(NC(=O)c2cnn(-c3ccccc3F)c2C)CC1. The van der Waals surface area contributed by atoms with Gasteiger partial charge in [-0.25, -0.2) is 13.9 Å². The van der Waals surface area contributed by atoms with Crippen LogP contribution in [0.25, 0.3) is 5.69 Å². The molecule has 3 rings (SSSR count). The number of rotatable bonds is 4. The molecule has 1 aliphatic heterocycles. The number of hydrogen-bond donors (Lipinski definition) is 1. The number of nitrogens with zero attached hydrogens (tertiary/aromatic N) is 3. The largest absolute Gasteiger partial charge is 0.450 e. The average molecular weight is 374 g/mol. The Hall–Kier alpha value is -2.90. The predicted octanol–water partition coefficient (Wildman–Crippen LogP) is 2.67. The first-order valence-electron chi connectivity index (χ1n) is 9.03. The van der Waals surface area contributed by atoms with Crippen LogP contribution >= 0.6 is 0 Å². The van der Waals surface area contributed by atoms with E-state index in [2.05, 4.69) is 10.4 Å². The van der Waals surface area contributed by atoms with E-state index in [1.165, 1.54) is 16.9 Å². The fourth-order valence-electron chi connectivity index (χ4n) is 3.18. The first kappa shape index (κ1) is 18.9. The highest BCUT2D eigenvalue weighted by Gasteiger charge is 2.26. The van der Waals surface area contributed by atoms with Crippen molar-refractivity contribution < 1.29 is 18.7 Å². The van der Waals surface area contributed by atoms with E-state index in [-0.39, 0.29) is 18.0 Å². The van der Waals surface area contributed by atoms with Gasteiger partial charge < -0.3 is 15.0 Å². The van der Waals surface area contributed by atoms with Crippen LogP contribution in [0.2, 0.25) is 0 Å². The second-order valence-corrected chi connectivity index (χ2v) is 6.44. The number of halogens is 1. The summed E-state index contributed by atoms with van der Waals surface area (Å²) < 4.78 is 20.4. The summed E-state index contributed by atoms with van der Waals surface area (Å²) in [6, 6.07) is 6.26. The number of likely N-dealkylation sites (tertiary alicyclic amines) is 1. The molecular weight excluding hydrogens is 351 g/mol. The Balaban J connectivity index is 1.63. The topological polar surface area (TPSA) is 76.5 Å². The zero-order valence-corrected chi connectivity index (χ0v) is 15.4. The maximum Gasteiger partial charge on any atom is 0.409 e. The molecule has 0 aliphatic carbocycles. The predicted molar refractivity (Wildman–Crippen MR) is 97.3 cm³/mol. The van der Waals surface area contributed by atoms with E-state index in [0.717, 1.165) is 0 Å². The molecule has 0 radical (unpaired) electrons. The highest BCUT2D eigenvalue weighted by molar-refractivity contribution is 5.95. The van der Waals surface area contributed by atoms with Gasteiger partial charge in [0.15, 0.2) is 0 Å². The summed E-state index contributed by atoms with van der Waals surface area (Å²) in [6.45, 7) is 4.93. The molecule has 0 bridgehead atoms. The van der Waals surface area contributed by atoms with E-state index in [1.807, 2.05) is 0 Å². The summed E-state index contributed by atoms with van der Waals surface area (Å²) in [5, 5.41) is 7.15. The fourth-order valence-corrected chi connectivity index (χ4v) is 3.18. The smallest absolute Gasteiger partial charge is 0.409 e. The number of piperidine rings is 1. The van der Waals surface area contributed by atoms with Crippen LogP contribution in [0.15, 0.2) is 30.5 Å². The monoisotopic (exact) mass is 374 g/mol. The van der Waals surface area contributed by atoms with Crippen molar-refractivity contribution in [3.63, 3.8) is 0 Å². The quantitative estimate of drug-likeness (QED) is 0.893. The summed E-state index contributed by atoms with van der Waals surface area (Å²) in [4.78, 5) is 26.0. The molecule has 2 aromatic rings. The molecule has 0 spiro atoms. The van der Waals surface area contributed by atoms with E-state index in [0.29, 0.717) is 49.5 Å². The molecule has 0 atom stereocenters. The Kier molecular flexibility index (Phi) is 5.73. The van der Waals surface area contributed by atoms with Crippen molar-refractivity contribution in [2.45, 2.75) is 32.7 Å². The first-order chi connectivity index (χ1) is 13.0. The van der Waals surface area contributed by atoms with Crippen molar-refractivity contribution in [2.24, 2.45) is 0 Å². The molecule has 1 aliphatic rings. The lowest BCUT2D eigenvalue weighted by atomic mass is 10.0. The van der Waals surface area contributed by atoms with E-state index < -0.39 is 5.82 Å². The molecule has 7 nitrogen and oxygen atoms in total. The van der Waals surface area contributed by atoms with Crippen molar-refractivity contribution in [3.8, 4) is 5.69 Å². The number of aromatic nitrogens is 2. The molecule has 2 heterocycles. The van der Waals surface area contributed by atoms with E-state index in [1.54, 1.807) is 36.9 Å². The van der Waals surface area contributed by atoms with E-state index in [4.69, 9.17) is 4.74 Å². The van der Waals surface area contributed by atoms with Crippen LogP contribution in [0.3, 0.4) is 0 Å². The number of nitrogens with one attached hydrogen (secondary N) is 1. The fraction of sp³-hybridized carbons (Fsp3) is 0.421. The second-order valence-electron chi connectivity index (χ2n) is 6.44. The van der Waals surface area contributed by atoms with Gasteiger partial charge >= 0.3 is 6.09 Å². The standard InChI is InChI=1S/C19H23FN4O3/c1-3-27-19(26)23-10-8-14(9-11-23)22-18(25)15-12-21-24(13(15)2)17-7-5-4-6-16(17)20/h4-7,12,14H,3,8-11H2,1-2H3,(H,22,25). The number of para-hydroxylation sites is 1. The maximum atomic E-state index is 14.0. The number of amides is 2. The van der Waals surface area contributed by atoms with E-state index >= 15 is 0 Å². The molecular formula is C19H23FN4O3. The van der Waals surface area contributed by atoms with Crippen molar-refractivity contribution in [2.75, 3.05) is 19.7 Å². The Morgan fingerprint density at radius 3 is 2.67 bits per heavy atom. The van der Waals surface area contributed by atoms with Crippen LogP contribution in [-0.4, -0.2) is 52.4 Å². The van der Waals surface area contributed by atoms with Gasteiger partial charge in [0.2, 0.25) is 0 Å².